The molecule has 4 heterocycles. The van der Waals surface area contributed by atoms with Gasteiger partial charge in [-0.25, -0.2) is 4.98 Å². The van der Waals surface area contributed by atoms with Gasteiger partial charge < -0.3 is 9.73 Å². The van der Waals surface area contributed by atoms with Gasteiger partial charge in [-0.2, -0.15) is 9.50 Å². The quantitative estimate of drug-likeness (QED) is 0.532. The Morgan fingerprint density at radius 2 is 2.11 bits per heavy atom. The molecule has 0 saturated carbocycles. The van der Waals surface area contributed by atoms with Gasteiger partial charge in [-0.1, -0.05) is 13.0 Å². The monoisotopic (exact) mass is 373 g/mol. The summed E-state index contributed by atoms with van der Waals surface area (Å²) >= 11 is 0. The summed E-state index contributed by atoms with van der Waals surface area (Å²) in [6.45, 7) is 8.96. The number of fused-ring (bicyclic) bond motifs is 2. The van der Waals surface area contributed by atoms with Gasteiger partial charge in [0.1, 0.15) is 0 Å². The Balaban J connectivity index is 1.68. The summed E-state index contributed by atoms with van der Waals surface area (Å²) in [6.07, 6.45) is 4.52. The molecule has 6 heteroatoms. The molecule has 0 saturated heterocycles. The number of furan rings is 1. The van der Waals surface area contributed by atoms with Crippen molar-refractivity contribution in [2.75, 3.05) is 5.32 Å². The van der Waals surface area contributed by atoms with Crippen LogP contribution in [0.5, 0.6) is 0 Å². The summed E-state index contributed by atoms with van der Waals surface area (Å²) in [5, 5.41) is 8.36. The normalized spacial score (nSPS) is 18.1. The topological polar surface area (TPSA) is 68.2 Å². The maximum Gasteiger partial charge on any atom is 0.253 e. The van der Waals surface area contributed by atoms with Gasteiger partial charge in [0, 0.05) is 23.0 Å². The van der Waals surface area contributed by atoms with Gasteiger partial charge in [-0.3, -0.25) is 0 Å². The van der Waals surface area contributed by atoms with Crippen LogP contribution in [0, 0.1) is 6.92 Å². The molecule has 0 unspecified atom stereocenters. The van der Waals surface area contributed by atoms with Crippen molar-refractivity contribution >= 4 is 11.5 Å². The highest BCUT2D eigenvalue weighted by atomic mass is 16.3. The van der Waals surface area contributed by atoms with Gasteiger partial charge in [0.2, 0.25) is 5.82 Å². The molecule has 1 aromatic carbocycles. The fourth-order valence-electron chi connectivity index (χ4n) is 4.32. The number of aromatic nitrogens is 4. The van der Waals surface area contributed by atoms with Gasteiger partial charge in [0.25, 0.3) is 5.78 Å². The van der Waals surface area contributed by atoms with Gasteiger partial charge >= 0.3 is 0 Å². The third-order valence-corrected chi connectivity index (χ3v) is 5.48. The smallest absolute Gasteiger partial charge is 0.253 e. The van der Waals surface area contributed by atoms with E-state index in [2.05, 4.69) is 60.2 Å². The van der Waals surface area contributed by atoms with E-state index in [0.29, 0.717) is 23.3 Å². The Kier molecular flexibility index (Phi) is 3.59. The van der Waals surface area contributed by atoms with Crippen LogP contribution in [-0.2, 0) is 0 Å². The van der Waals surface area contributed by atoms with E-state index in [1.807, 2.05) is 18.2 Å². The second-order valence-electron chi connectivity index (χ2n) is 8.32. The van der Waals surface area contributed by atoms with E-state index in [1.165, 1.54) is 16.8 Å². The molecule has 0 spiro atoms. The number of anilines is 1. The van der Waals surface area contributed by atoms with Gasteiger partial charge in [0.05, 0.1) is 12.0 Å². The predicted molar refractivity (Wildman–Crippen MR) is 109 cm³/mol. The molecular weight excluding hydrogens is 350 g/mol. The van der Waals surface area contributed by atoms with Crippen molar-refractivity contribution in [2.45, 2.75) is 45.6 Å². The zero-order chi connectivity index (χ0) is 19.5. The molecular formula is C22H23N5O. The Labute approximate surface area is 163 Å². The molecule has 0 amide bonds. The predicted octanol–water partition coefficient (Wildman–Crippen LogP) is 5.06. The summed E-state index contributed by atoms with van der Waals surface area (Å²) < 4.78 is 7.25. The lowest BCUT2D eigenvalue weighted by Crippen LogP contribution is -2.36. The van der Waals surface area contributed by atoms with Crippen molar-refractivity contribution in [3.05, 3.63) is 53.9 Å². The summed E-state index contributed by atoms with van der Waals surface area (Å²) in [4.78, 5) is 8.91. The van der Waals surface area contributed by atoms with Crippen molar-refractivity contribution in [1.29, 1.82) is 0 Å². The third-order valence-electron chi connectivity index (χ3n) is 5.48. The molecule has 1 N–H and O–H groups in total. The minimum atomic E-state index is 0.0756. The molecule has 3 aromatic heterocycles. The number of hydrogen-bond donors (Lipinski definition) is 1. The summed E-state index contributed by atoms with van der Waals surface area (Å²) in [5.74, 6) is 2.25. The molecule has 4 aromatic rings. The zero-order valence-corrected chi connectivity index (χ0v) is 16.5. The van der Waals surface area contributed by atoms with Crippen LogP contribution in [-0.4, -0.2) is 25.1 Å². The highest BCUT2D eigenvalue weighted by Gasteiger charge is 2.30. The largest absolute Gasteiger partial charge is 0.461 e. The molecule has 142 valence electrons. The molecule has 0 bridgehead atoms. The lowest BCUT2D eigenvalue weighted by molar-refractivity contribution is 0.454. The van der Waals surface area contributed by atoms with Crippen LogP contribution in [0.4, 0.5) is 5.69 Å². The molecule has 1 atom stereocenters. The van der Waals surface area contributed by atoms with Crippen LogP contribution >= 0.6 is 0 Å². The van der Waals surface area contributed by atoms with Crippen LogP contribution in [0.2, 0.25) is 0 Å². The summed E-state index contributed by atoms with van der Waals surface area (Å²) in [6, 6.07) is 10.2. The second kappa shape index (κ2) is 5.92. The minimum absolute atomic E-state index is 0.0756. The number of aryl methyl sites for hydroxylation is 1. The average Bonchev–Trinajstić information content (AvgIpc) is 3.30. The first kappa shape index (κ1) is 17.0. The molecule has 0 fully saturated rings. The molecule has 5 rings (SSSR count). The molecule has 6 nitrogen and oxygen atoms in total. The molecule has 0 aliphatic carbocycles. The number of nitrogens with zero attached hydrogens (tertiary/aromatic N) is 4. The zero-order valence-electron chi connectivity index (χ0n) is 16.5. The van der Waals surface area contributed by atoms with E-state index in [9.17, 15) is 0 Å². The van der Waals surface area contributed by atoms with Gasteiger partial charge in [0.15, 0.2) is 5.76 Å². The highest BCUT2D eigenvalue weighted by molar-refractivity contribution is 5.74. The Hall–Kier alpha value is -3.15. The molecule has 1 aliphatic heterocycles. The fraction of sp³-hybridized carbons (Fsp3) is 0.318. The lowest BCUT2D eigenvalue weighted by Gasteiger charge is -2.38. The van der Waals surface area contributed by atoms with E-state index < -0.39 is 0 Å². The number of hydrogen-bond acceptors (Lipinski definition) is 5. The molecule has 28 heavy (non-hydrogen) atoms. The van der Waals surface area contributed by atoms with Crippen LogP contribution in [0.15, 0.2) is 47.2 Å². The van der Waals surface area contributed by atoms with E-state index in [-0.39, 0.29) is 5.54 Å². The van der Waals surface area contributed by atoms with Crippen molar-refractivity contribution in [3.63, 3.8) is 0 Å². The fourth-order valence-corrected chi connectivity index (χ4v) is 4.32. The maximum absolute atomic E-state index is 5.45. The first-order chi connectivity index (χ1) is 13.4. The Morgan fingerprint density at radius 1 is 1.25 bits per heavy atom. The summed E-state index contributed by atoms with van der Waals surface area (Å²) in [7, 11) is 0. The standard InChI is InChI=1S/C22H23N5O/c1-13-10-15-14(2)12-22(3,4)25-17(15)11-16(13)18-7-8-23-21-24-20(26-27(18)21)19-6-5-9-28-19/h5-11,14,25H,12H2,1-4H3/t14-/m0/s1. The summed E-state index contributed by atoms with van der Waals surface area (Å²) in [5.41, 5.74) is 5.95. The molecule has 0 radical (unpaired) electrons. The van der Waals surface area contributed by atoms with E-state index in [4.69, 9.17) is 4.42 Å². The maximum atomic E-state index is 5.45. The first-order valence-electron chi connectivity index (χ1n) is 9.60. The van der Waals surface area contributed by atoms with Crippen LogP contribution in [0.25, 0.3) is 28.6 Å². The van der Waals surface area contributed by atoms with Crippen molar-refractivity contribution in [2.24, 2.45) is 0 Å². The number of rotatable bonds is 2. The number of benzene rings is 1. The third kappa shape index (κ3) is 2.68. The van der Waals surface area contributed by atoms with Crippen molar-refractivity contribution in [3.8, 4) is 22.8 Å². The Morgan fingerprint density at radius 3 is 2.89 bits per heavy atom. The number of nitrogens with one attached hydrogen (secondary N) is 1. The molecule has 1 aliphatic rings. The van der Waals surface area contributed by atoms with E-state index >= 15 is 0 Å². The average molecular weight is 373 g/mol. The SMILES string of the molecule is Cc1cc2c(cc1-c1ccnc3nc(-c4ccco4)nn13)NC(C)(C)C[C@@H]2C. The first-order valence-corrected chi connectivity index (χ1v) is 9.60. The van der Waals surface area contributed by atoms with Crippen LogP contribution in [0.3, 0.4) is 0 Å². The lowest BCUT2D eigenvalue weighted by atomic mass is 9.80. The van der Waals surface area contributed by atoms with Crippen molar-refractivity contribution < 1.29 is 4.42 Å². The van der Waals surface area contributed by atoms with Gasteiger partial charge in [-0.15, -0.1) is 5.10 Å². The Bertz CT molecular complexity index is 1170. The van der Waals surface area contributed by atoms with Crippen molar-refractivity contribution in [1.82, 2.24) is 19.6 Å². The van der Waals surface area contributed by atoms with E-state index in [0.717, 1.165) is 17.7 Å². The second-order valence-corrected chi connectivity index (χ2v) is 8.32. The van der Waals surface area contributed by atoms with Crippen LogP contribution < -0.4 is 5.32 Å². The van der Waals surface area contributed by atoms with E-state index in [1.54, 1.807) is 17.0 Å². The van der Waals surface area contributed by atoms with Gasteiger partial charge in [-0.05, 0) is 68.5 Å². The highest BCUT2D eigenvalue weighted by Crippen LogP contribution is 2.41. The van der Waals surface area contributed by atoms with Crippen LogP contribution in [0.1, 0.15) is 44.2 Å². The minimum Gasteiger partial charge on any atom is -0.461 e.